The number of ether oxygens (including phenoxy) is 1. The summed E-state index contributed by atoms with van der Waals surface area (Å²) in [6, 6.07) is 20.0. The van der Waals surface area contributed by atoms with Gasteiger partial charge in [-0.3, -0.25) is 9.78 Å². The van der Waals surface area contributed by atoms with Gasteiger partial charge in [0, 0.05) is 29.1 Å². The number of allylic oxidation sites excluding steroid dienone is 1. The lowest BCUT2D eigenvalue weighted by Gasteiger charge is -2.08. The molecule has 0 atom stereocenters. The van der Waals surface area contributed by atoms with Crippen LogP contribution in [0, 0.1) is 0 Å². The van der Waals surface area contributed by atoms with Gasteiger partial charge in [0.15, 0.2) is 5.78 Å². The van der Waals surface area contributed by atoms with Crippen LogP contribution in [0.2, 0.25) is 0 Å². The number of pyridine rings is 1. The van der Waals surface area contributed by atoms with E-state index in [0.717, 1.165) is 36.1 Å². The van der Waals surface area contributed by atoms with Crippen molar-refractivity contribution in [1.82, 2.24) is 4.98 Å². The smallest absolute Gasteiger partial charge is 0.194 e. The molecule has 0 radical (unpaired) electrons. The highest BCUT2D eigenvalue weighted by atomic mass is 16.5. The Morgan fingerprint density at radius 3 is 2.63 bits per heavy atom. The van der Waals surface area contributed by atoms with Crippen LogP contribution in [0.1, 0.15) is 39.9 Å². The highest BCUT2D eigenvalue weighted by Crippen LogP contribution is 2.33. The molecule has 1 aromatic heterocycles. The molecular weight excluding hydrogens is 334 g/mol. The Kier molecular flexibility index (Phi) is 5.10. The van der Waals surface area contributed by atoms with E-state index in [1.807, 2.05) is 42.5 Å². The molecule has 1 heterocycles. The standard InChI is InChI=1S/C24H21NO2/c26-24-22(20-10-6-13-25-17-20)15-19-11-12-21(16-23(19)24)27-14-5-4-9-18-7-2-1-3-8-18/h1-3,6-8,10-13,15-17H,4-5,9,14H2. The maximum absolute atomic E-state index is 12.7. The minimum atomic E-state index is 0.0347. The average molecular weight is 355 g/mol. The molecule has 0 bridgehead atoms. The van der Waals surface area contributed by atoms with Gasteiger partial charge in [-0.2, -0.15) is 0 Å². The number of unbranched alkanes of at least 4 members (excludes halogenated alkanes) is 1. The summed E-state index contributed by atoms with van der Waals surface area (Å²) >= 11 is 0. The number of rotatable bonds is 7. The van der Waals surface area contributed by atoms with E-state index in [4.69, 9.17) is 4.74 Å². The van der Waals surface area contributed by atoms with Gasteiger partial charge in [-0.1, -0.05) is 42.5 Å². The predicted molar refractivity (Wildman–Crippen MR) is 108 cm³/mol. The molecule has 3 nitrogen and oxygen atoms in total. The van der Waals surface area contributed by atoms with E-state index in [-0.39, 0.29) is 5.78 Å². The molecule has 134 valence electrons. The van der Waals surface area contributed by atoms with Crippen molar-refractivity contribution in [2.24, 2.45) is 0 Å². The second-order valence-electron chi connectivity index (χ2n) is 6.67. The zero-order valence-electron chi connectivity index (χ0n) is 15.1. The number of fused-ring (bicyclic) bond motifs is 1. The topological polar surface area (TPSA) is 39.2 Å². The fourth-order valence-electron chi connectivity index (χ4n) is 3.32. The third-order valence-corrected chi connectivity index (χ3v) is 4.76. The lowest BCUT2D eigenvalue weighted by Crippen LogP contribution is -2.01. The zero-order valence-corrected chi connectivity index (χ0v) is 15.1. The fourth-order valence-corrected chi connectivity index (χ4v) is 3.32. The number of aryl methyl sites for hydroxylation is 1. The van der Waals surface area contributed by atoms with Crippen LogP contribution >= 0.6 is 0 Å². The normalized spacial score (nSPS) is 12.6. The van der Waals surface area contributed by atoms with E-state index < -0.39 is 0 Å². The van der Waals surface area contributed by atoms with Crippen molar-refractivity contribution >= 4 is 17.4 Å². The second-order valence-corrected chi connectivity index (χ2v) is 6.67. The molecule has 4 rings (SSSR count). The van der Waals surface area contributed by atoms with Crippen molar-refractivity contribution in [3.8, 4) is 5.75 Å². The quantitative estimate of drug-likeness (QED) is 0.546. The second kappa shape index (κ2) is 8.00. The minimum absolute atomic E-state index is 0.0347. The Hall–Kier alpha value is -3.20. The number of carbonyl (C=O) groups excluding carboxylic acids is 1. The Morgan fingerprint density at radius 2 is 1.81 bits per heavy atom. The number of carbonyl (C=O) groups is 1. The van der Waals surface area contributed by atoms with Crippen molar-refractivity contribution in [2.45, 2.75) is 19.3 Å². The van der Waals surface area contributed by atoms with Crippen LogP contribution in [0.4, 0.5) is 0 Å². The van der Waals surface area contributed by atoms with E-state index in [1.165, 1.54) is 5.56 Å². The van der Waals surface area contributed by atoms with Crippen LogP contribution in [0.25, 0.3) is 11.6 Å². The van der Waals surface area contributed by atoms with Gasteiger partial charge < -0.3 is 4.74 Å². The summed E-state index contributed by atoms with van der Waals surface area (Å²) in [6.45, 7) is 0.655. The molecular formula is C24H21NO2. The Balaban J connectivity index is 1.33. The summed E-state index contributed by atoms with van der Waals surface area (Å²) in [5, 5.41) is 0. The summed E-state index contributed by atoms with van der Waals surface area (Å²) in [5.41, 5.74) is 4.54. The molecule has 0 amide bonds. The highest BCUT2D eigenvalue weighted by Gasteiger charge is 2.24. The molecule has 1 aliphatic rings. The molecule has 0 spiro atoms. The molecule has 1 aliphatic carbocycles. The van der Waals surface area contributed by atoms with Crippen LogP contribution in [0.5, 0.6) is 5.75 Å². The molecule has 0 fully saturated rings. The van der Waals surface area contributed by atoms with Crippen molar-refractivity contribution in [3.05, 3.63) is 95.3 Å². The molecule has 0 saturated heterocycles. The average Bonchev–Trinajstić information content (AvgIpc) is 3.05. The summed E-state index contributed by atoms with van der Waals surface area (Å²) < 4.78 is 5.87. The molecule has 27 heavy (non-hydrogen) atoms. The Labute approximate surface area is 159 Å². The molecule has 0 unspecified atom stereocenters. The number of Topliss-reactive ketones (excluding diaryl/α,β-unsaturated/α-hetero) is 1. The van der Waals surface area contributed by atoms with E-state index in [9.17, 15) is 4.79 Å². The maximum Gasteiger partial charge on any atom is 0.194 e. The van der Waals surface area contributed by atoms with Gasteiger partial charge >= 0.3 is 0 Å². The Bertz CT molecular complexity index is 962. The number of hydrogen-bond acceptors (Lipinski definition) is 3. The van der Waals surface area contributed by atoms with Crippen molar-refractivity contribution in [2.75, 3.05) is 6.61 Å². The first kappa shape index (κ1) is 17.2. The summed E-state index contributed by atoms with van der Waals surface area (Å²) in [6.07, 6.45) is 8.49. The zero-order chi connectivity index (χ0) is 18.5. The van der Waals surface area contributed by atoms with Gasteiger partial charge in [-0.05, 0) is 54.7 Å². The lowest BCUT2D eigenvalue weighted by atomic mass is 10.0. The van der Waals surface area contributed by atoms with Gasteiger partial charge in [0.25, 0.3) is 0 Å². The van der Waals surface area contributed by atoms with E-state index in [1.54, 1.807) is 12.4 Å². The summed E-state index contributed by atoms with van der Waals surface area (Å²) in [4.78, 5) is 16.8. The van der Waals surface area contributed by atoms with Crippen LogP contribution in [-0.4, -0.2) is 17.4 Å². The number of aromatic nitrogens is 1. The molecule has 0 N–H and O–H groups in total. The van der Waals surface area contributed by atoms with Gasteiger partial charge in [0.05, 0.1) is 6.61 Å². The van der Waals surface area contributed by atoms with Crippen molar-refractivity contribution in [1.29, 1.82) is 0 Å². The van der Waals surface area contributed by atoms with Gasteiger partial charge in [-0.25, -0.2) is 0 Å². The number of ketones is 1. The first-order valence-electron chi connectivity index (χ1n) is 9.29. The van der Waals surface area contributed by atoms with Gasteiger partial charge in [-0.15, -0.1) is 0 Å². The van der Waals surface area contributed by atoms with E-state index in [2.05, 4.69) is 29.2 Å². The van der Waals surface area contributed by atoms with E-state index >= 15 is 0 Å². The van der Waals surface area contributed by atoms with Crippen LogP contribution in [0.3, 0.4) is 0 Å². The maximum atomic E-state index is 12.7. The number of nitrogens with zero attached hydrogens (tertiary/aromatic N) is 1. The SMILES string of the molecule is O=C1C(c2cccnc2)=Cc2ccc(OCCCCc3ccccc3)cc21. The number of hydrogen-bond donors (Lipinski definition) is 0. The third-order valence-electron chi connectivity index (χ3n) is 4.76. The first-order valence-corrected chi connectivity index (χ1v) is 9.29. The largest absolute Gasteiger partial charge is 0.494 e. The lowest BCUT2D eigenvalue weighted by molar-refractivity contribution is 0.105. The van der Waals surface area contributed by atoms with Crippen molar-refractivity contribution < 1.29 is 9.53 Å². The summed E-state index contributed by atoms with van der Waals surface area (Å²) in [7, 11) is 0. The third kappa shape index (κ3) is 3.98. The van der Waals surface area contributed by atoms with E-state index in [0.29, 0.717) is 17.7 Å². The highest BCUT2D eigenvalue weighted by molar-refractivity contribution is 6.37. The molecule has 0 saturated carbocycles. The van der Waals surface area contributed by atoms with Gasteiger partial charge in [0.2, 0.25) is 0 Å². The Morgan fingerprint density at radius 1 is 0.926 bits per heavy atom. The van der Waals surface area contributed by atoms with Crippen LogP contribution in [0.15, 0.2) is 73.1 Å². The van der Waals surface area contributed by atoms with Crippen molar-refractivity contribution in [3.63, 3.8) is 0 Å². The van der Waals surface area contributed by atoms with Crippen LogP contribution in [-0.2, 0) is 6.42 Å². The molecule has 2 aromatic carbocycles. The molecule has 3 aromatic rings. The van der Waals surface area contributed by atoms with Crippen LogP contribution < -0.4 is 4.74 Å². The van der Waals surface area contributed by atoms with Gasteiger partial charge in [0.1, 0.15) is 5.75 Å². The molecule has 3 heteroatoms. The molecule has 0 aliphatic heterocycles. The minimum Gasteiger partial charge on any atom is -0.494 e. The monoisotopic (exact) mass is 355 g/mol. The first-order chi connectivity index (χ1) is 13.3. The fraction of sp³-hybridized carbons (Fsp3) is 0.167. The number of benzene rings is 2. The summed E-state index contributed by atoms with van der Waals surface area (Å²) in [5.74, 6) is 0.787. The predicted octanol–water partition coefficient (Wildman–Crippen LogP) is 5.22.